The first kappa shape index (κ1) is 12.4. The predicted molar refractivity (Wildman–Crippen MR) is 54.1 cm³/mol. The molecule has 0 bridgehead atoms. The van der Waals surface area contributed by atoms with E-state index in [0.29, 0.717) is 4.85 Å². The summed E-state index contributed by atoms with van der Waals surface area (Å²) in [5, 5.41) is 13.7. The Bertz CT molecular complexity index is 478. The Morgan fingerprint density at radius 2 is 2.25 bits per heavy atom. The normalized spacial score (nSPS) is 11.7. The third-order valence-corrected chi connectivity index (χ3v) is 2.94. The van der Waals surface area contributed by atoms with Gasteiger partial charge in [0.25, 0.3) is 0 Å². The zero-order valence-electron chi connectivity index (χ0n) is 8.73. The van der Waals surface area contributed by atoms with Gasteiger partial charge in [-0.05, 0) is 5.92 Å². The highest BCUT2D eigenvalue weighted by Crippen LogP contribution is 2.08. The van der Waals surface area contributed by atoms with Crippen LogP contribution in [0.15, 0.2) is 12.4 Å². The third kappa shape index (κ3) is 3.50. The van der Waals surface area contributed by atoms with E-state index in [4.69, 9.17) is 0 Å². The fourth-order valence-corrected chi connectivity index (χ4v) is 2.18. The van der Waals surface area contributed by atoms with Crippen molar-refractivity contribution < 1.29 is 17.6 Å². The molecule has 1 aromatic heterocycles. The molecule has 9 heteroatoms. The van der Waals surface area contributed by atoms with Crippen LogP contribution in [-0.2, 0) is 10.1 Å². The molecule has 0 aliphatic heterocycles. The lowest BCUT2D eigenvalue weighted by Gasteiger charge is -2.06. The maximum atomic E-state index is 11.3. The van der Waals surface area contributed by atoms with Gasteiger partial charge in [0, 0.05) is 0 Å². The lowest BCUT2D eigenvalue weighted by Crippen LogP contribution is -2.25. The molecule has 0 amide bonds. The first-order valence-electron chi connectivity index (χ1n) is 4.42. The maximum Gasteiger partial charge on any atom is 0.328 e. The van der Waals surface area contributed by atoms with Crippen LogP contribution in [0.3, 0.4) is 0 Å². The number of hydrogen-bond acceptors (Lipinski definition) is 6. The second-order valence-electron chi connectivity index (χ2n) is 3.55. The number of nitrogens with zero attached hydrogens (tertiary/aromatic N) is 3. The van der Waals surface area contributed by atoms with Crippen molar-refractivity contribution in [2.75, 3.05) is 5.75 Å². The van der Waals surface area contributed by atoms with Gasteiger partial charge in [-0.1, -0.05) is 18.7 Å². The molecule has 1 rings (SSSR count). The minimum atomic E-state index is -3.77. The lowest BCUT2D eigenvalue weighted by atomic mass is 10.3. The predicted octanol–water partition coefficient (Wildman–Crippen LogP) is 0.206. The number of nitro groups is 1. The van der Waals surface area contributed by atoms with Gasteiger partial charge in [0.1, 0.15) is 12.4 Å². The number of aromatic nitrogens is 2. The zero-order valence-corrected chi connectivity index (χ0v) is 9.55. The molecule has 0 spiro atoms. The molecule has 0 atom stereocenters. The molecular formula is C7H11N3O5S. The molecule has 0 fully saturated rings. The highest BCUT2D eigenvalue weighted by atomic mass is 32.2. The highest BCUT2D eigenvalue weighted by molar-refractivity contribution is 7.86. The number of rotatable bonds is 5. The Morgan fingerprint density at radius 3 is 2.69 bits per heavy atom. The summed E-state index contributed by atoms with van der Waals surface area (Å²) in [5.74, 6) is -0.281. The second kappa shape index (κ2) is 4.47. The van der Waals surface area contributed by atoms with Gasteiger partial charge in [-0.3, -0.25) is 14.4 Å². The second-order valence-corrected chi connectivity index (χ2v) is 5.15. The summed E-state index contributed by atoms with van der Waals surface area (Å²) in [6, 6.07) is 0. The molecule has 0 aliphatic rings. The van der Waals surface area contributed by atoms with Crippen molar-refractivity contribution in [3.05, 3.63) is 22.5 Å². The van der Waals surface area contributed by atoms with Crippen molar-refractivity contribution in [3.8, 4) is 0 Å². The molecule has 0 saturated heterocycles. The first-order chi connectivity index (χ1) is 7.30. The summed E-state index contributed by atoms with van der Waals surface area (Å²) in [6.45, 7) is 3.43. The fraction of sp³-hybridized carbons (Fsp3) is 0.571. The zero-order chi connectivity index (χ0) is 12.3. The van der Waals surface area contributed by atoms with Crippen LogP contribution >= 0.6 is 0 Å². The minimum absolute atomic E-state index is 0.101. The fourth-order valence-electron chi connectivity index (χ4n) is 0.986. The molecule has 0 aromatic carbocycles. The van der Waals surface area contributed by atoms with Gasteiger partial charge in [0.15, 0.2) is 0 Å². The summed E-state index contributed by atoms with van der Waals surface area (Å²) in [4.78, 5) is 10.2. The lowest BCUT2D eigenvalue weighted by molar-refractivity contribution is -0.385. The summed E-state index contributed by atoms with van der Waals surface area (Å²) in [6.07, 6.45) is 1.79. The van der Waals surface area contributed by atoms with Gasteiger partial charge in [-0.25, -0.2) is 0 Å². The van der Waals surface area contributed by atoms with Crippen LogP contribution in [0.5, 0.6) is 0 Å². The van der Waals surface area contributed by atoms with E-state index < -0.39 is 15.0 Å². The standard InChI is InChI=1S/C7H11N3O5S/c1-6(2)5-16(13,14)15-9-4-7(3-8-9)10(11)12/h3-4,6H,5H2,1-2H3. The molecule has 1 aromatic rings. The maximum absolute atomic E-state index is 11.3. The van der Waals surface area contributed by atoms with Gasteiger partial charge < -0.3 is 0 Å². The molecule has 0 radical (unpaired) electrons. The molecule has 0 saturated carbocycles. The van der Waals surface area contributed by atoms with Crippen LogP contribution in [0.25, 0.3) is 0 Å². The number of hydrogen-bond donors (Lipinski definition) is 0. The van der Waals surface area contributed by atoms with E-state index in [9.17, 15) is 18.5 Å². The molecule has 8 nitrogen and oxygen atoms in total. The van der Waals surface area contributed by atoms with Crippen LogP contribution in [0.2, 0.25) is 0 Å². The molecule has 16 heavy (non-hydrogen) atoms. The molecule has 0 unspecified atom stereocenters. The van der Waals surface area contributed by atoms with E-state index >= 15 is 0 Å². The third-order valence-electron chi connectivity index (χ3n) is 1.48. The van der Waals surface area contributed by atoms with Gasteiger partial charge in [-0.15, -0.1) is 5.10 Å². The van der Waals surface area contributed by atoms with Gasteiger partial charge >= 0.3 is 15.8 Å². The smallest absolute Gasteiger partial charge is 0.269 e. The first-order valence-corrected chi connectivity index (χ1v) is 5.99. The molecule has 90 valence electrons. The van der Waals surface area contributed by atoms with Crippen LogP contribution < -0.4 is 4.28 Å². The molecular weight excluding hydrogens is 238 g/mol. The van der Waals surface area contributed by atoms with Crippen LogP contribution in [0, 0.1) is 16.0 Å². The van der Waals surface area contributed by atoms with Crippen molar-refractivity contribution >= 4 is 15.8 Å². The SMILES string of the molecule is CC(C)CS(=O)(=O)On1cc([N+](=O)[O-])cn1. The topological polar surface area (TPSA) is 104 Å². The Balaban J connectivity index is 2.77. The van der Waals surface area contributed by atoms with E-state index in [1.807, 2.05) is 0 Å². The average molecular weight is 249 g/mol. The summed E-state index contributed by atoms with van der Waals surface area (Å²) < 4.78 is 27.2. The van der Waals surface area contributed by atoms with E-state index in [0.717, 1.165) is 12.4 Å². The Labute approximate surface area is 92.1 Å². The molecule has 0 N–H and O–H groups in total. The highest BCUT2D eigenvalue weighted by Gasteiger charge is 2.18. The summed E-state index contributed by atoms with van der Waals surface area (Å²) in [5.41, 5.74) is -0.334. The Kier molecular flexibility index (Phi) is 3.48. The van der Waals surface area contributed by atoms with Crippen LogP contribution in [0.4, 0.5) is 5.69 Å². The van der Waals surface area contributed by atoms with Crippen LogP contribution in [0.1, 0.15) is 13.8 Å². The van der Waals surface area contributed by atoms with Crippen molar-refractivity contribution in [2.45, 2.75) is 13.8 Å². The average Bonchev–Trinajstić information content (AvgIpc) is 2.48. The summed E-state index contributed by atoms with van der Waals surface area (Å²) >= 11 is 0. The van der Waals surface area contributed by atoms with Gasteiger partial charge in [-0.2, -0.15) is 8.42 Å². The largest absolute Gasteiger partial charge is 0.328 e. The van der Waals surface area contributed by atoms with E-state index in [-0.39, 0.29) is 17.4 Å². The van der Waals surface area contributed by atoms with Gasteiger partial charge in [0.2, 0.25) is 0 Å². The van der Waals surface area contributed by atoms with Crippen molar-refractivity contribution in [3.63, 3.8) is 0 Å². The van der Waals surface area contributed by atoms with E-state index in [1.54, 1.807) is 13.8 Å². The molecule has 1 heterocycles. The van der Waals surface area contributed by atoms with E-state index in [2.05, 4.69) is 9.38 Å². The summed E-state index contributed by atoms with van der Waals surface area (Å²) in [7, 11) is -3.77. The Morgan fingerprint density at radius 1 is 1.62 bits per heavy atom. The Hall–Kier alpha value is -1.64. The monoisotopic (exact) mass is 249 g/mol. The quantitative estimate of drug-likeness (QED) is 0.545. The van der Waals surface area contributed by atoms with Gasteiger partial charge in [0.05, 0.1) is 10.7 Å². The minimum Gasteiger partial charge on any atom is -0.269 e. The molecule has 0 aliphatic carbocycles. The van der Waals surface area contributed by atoms with Crippen molar-refractivity contribution in [1.29, 1.82) is 0 Å². The van der Waals surface area contributed by atoms with Crippen molar-refractivity contribution in [2.24, 2.45) is 5.92 Å². The van der Waals surface area contributed by atoms with Crippen LogP contribution in [-0.4, -0.2) is 29.0 Å². The van der Waals surface area contributed by atoms with Crippen molar-refractivity contribution in [1.82, 2.24) is 9.94 Å². The van der Waals surface area contributed by atoms with E-state index in [1.165, 1.54) is 0 Å².